The normalized spacial score (nSPS) is 12.7. The highest BCUT2D eigenvalue weighted by molar-refractivity contribution is 5.95. The van der Waals surface area contributed by atoms with Crippen LogP contribution in [-0.2, 0) is 13.0 Å². The van der Waals surface area contributed by atoms with E-state index < -0.39 is 0 Å². The molecule has 0 unspecified atom stereocenters. The van der Waals surface area contributed by atoms with Crippen molar-refractivity contribution in [2.45, 2.75) is 19.9 Å². The third-order valence-electron chi connectivity index (χ3n) is 4.76. The minimum absolute atomic E-state index is 0.104. The zero-order chi connectivity index (χ0) is 17.9. The molecule has 1 N–H and O–H groups in total. The van der Waals surface area contributed by atoms with Gasteiger partial charge in [-0.05, 0) is 36.6 Å². The number of hydrogen-bond acceptors (Lipinski definition) is 3. The van der Waals surface area contributed by atoms with E-state index >= 15 is 0 Å². The van der Waals surface area contributed by atoms with E-state index in [1.165, 1.54) is 16.8 Å². The summed E-state index contributed by atoms with van der Waals surface area (Å²) in [6.07, 6.45) is 4.45. The molecule has 26 heavy (non-hydrogen) atoms. The Bertz CT molecular complexity index is 934. The fourth-order valence-electron chi connectivity index (χ4n) is 3.30. The predicted molar refractivity (Wildman–Crippen MR) is 104 cm³/mol. The number of benzene rings is 2. The molecule has 2 aromatic carbocycles. The van der Waals surface area contributed by atoms with Gasteiger partial charge in [0.15, 0.2) is 0 Å². The van der Waals surface area contributed by atoms with Gasteiger partial charge in [0.1, 0.15) is 0 Å². The van der Waals surface area contributed by atoms with Gasteiger partial charge in [-0.3, -0.25) is 9.78 Å². The monoisotopic (exact) mass is 343 g/mol. The molecule has 0 aliphatic carbocycles. The van der Waals surface area contributed by atoms with Gasteiger partial charge in [-0.15, -0.1) is 0 Å². The van der Waals surface area contributed by atoms with Crippen LogP contribution in [0.25, 0.3) is 0 Å². The highest BCUT2D eigenvalue weighted by atomic mass is 16.1. The summed E-state index contributed by atoms with van der Waals surface area (Å²) >= 11 is 0. The lowest BCUT2D eigenvalue weighted by atomic mass is 10.1. The molecule has 130 valence electrons. The van der Waals surface area contributed by atoms with E-state index in [4.69, 9.17) is 0 Å². The maximum absolute atomic E-state index is 12.5. The number of rotatable bonds is 4. The summed E-state index contributed by atoms with van der Waals surface area (Å²) in [6, 6.07) is 18.5. The summed E-state index contributed by atoms with van der Waals surface area (Å²) in [5.74, 6) is -0.104. The van der Waals surface area contributed by atoms with E-state index in [-0.39, 0.29) is 5.91 Å². The van der Waals surface area contributed by atoms with E-state index in [9.17, 15) is 4.79 Å². The van der Waals surface area contributed by atoms with Crippen LogP contribution in [0.1, 0.15) is 27.0 Å². The van der Waals surface area contributed by atoms with E-state index in [1.807, 2.05) is 30.5 Å². The van der Waals surface area contributed by atoms with Crippen LogP contribution < -0.4 is 10.2 Å². The van der Waals surface area contributed by atoms with Crippen LogP contribution in [0.4, 0.5) is 11.4 Å². The number of hydrogen-bond donors (Lipinski definition) is 1. The molecule has 0 saturated carbocycles. The number of para-hydroxylation sites is 1. The largest absolute Gasteiger partial charge is 0.348 e. The number of aryl methyl sites for hydroxylation is 1. The van der Waals surface area contributed by atoms with E-state index in [0.717, 1.165) is 24.2 Å². The second-order valence-electron chi connectivity index (χ2n) is 6.63. The van der Waals surface area contributed by atoms with Gasteiger partial charge in [-0.25, -0.2) is 0 Å². The van der Waals surface area contributed by atoms with Crippen molar-refractivity contribution in [2.75, 3.05) is 11.4 Å². The third-order valence-corrected chi connectivity index (χ3v) is 4.76. The van der Waals surface area contributed by atoms with Crippen molar-refractivity contribution in [2.24, 2.45) is 0 Å². The zero-order valence-electron chi connectivity index (χ0n) is 14.8. The molecule has 0 atom stereocenters. The van der Waals surface area contributed by atoms with Crippen molar-refractivity contribution in [3.8, 4) is 0 Å². The summed E-state index contributed by atoms with van der Waals surface area (Å²) in [4.78, 5) is 19.0. The van der Waals surface area contributed by atoms with Crippen LogP contribution in [0.15, 0.2) is 67.0 Å². The zero-order valence-corrected chi connectivity index (χ0v) is 14.8. The lowest BCUT2D eigenvalue weighted by Crippen LogP contribution is -2.23. The molecule has 4 heteroatoms. The van der Waals surface area contributed by atoms with Gasteiger partial charge in [0, 0.05) is 25.0 Å². The Morgan fingerprint density at radius 1 is 1.12 bits per heavy atom. The van der Waals surface area contributed by atoms with Crippen LogP contribution >= 0.6 is 0 Å². The second kappa shape index (κ2) is 7.00. The van der Waals surface area contributed by atoms with Crippen molar-refractivity contribution < 1.29 is 4.79 Å². The third kappa shape index (κ3) is 3.31. The Hall–Kier alpha value is -3.14. The molecule has 0 radical (unpaired) electrons. The first-order valence-corrected chi connectivity index (χ1v) is 8.85. The molecular weight excluding hydrogens is 322 g/mol. The Morgan fingerprint density at radius 2 is 1.92 bits per heavy atom. The van der Waals surface area contributed by atoms with E-state index in [2.05, 4.69) is 52.5 Å². The topological polar surface area (TPSA) is 45.2 Å². The second-order valence-corrected chi connectivity index (χ2v) is 6.63. The van der Waals surface area contributed by atoms with E-state index in [0.29, 0.717) is 12.1 Å². The first-order valence-electron chi connectivity index (χ1n) is 8.85. The van der Waals surface area contributed by atoms with Crippen molar-refractivity contribution in [1.29, 1.82) is 0 Å². The van der Waals surface area contributed by atoms with Crippen molar-refractivity contribution in [1.82, 2.24) is 10.3 Å². The number of nitrogens with one attached hydrogen (secondary N) is 1. The maximum Gasteiger partial charge on any atom is 0.253 e. The minimum atomic E-state index is -0.104. The molecule has 1 amide bonds. The Kier molecular flexibility index (Phi) is 4.40. The van der Waals surface area contributed by atoms with Crippen molar-refractivity contribution in [3.05, 3.63) is 89.2 Å². The number of pyridine rings is 1. The van der Waals surface area contributed by atoms with Gasteiger partial charge in [-0.2, -0.15) is 0 Å². The van der Waals surface area contributed by atoms with Crippen molar-refractivity contribution >= 4 is 17.3 Å². The molecular formula is C22H21N3O. The molecule has 0 fully saturated rings. The molecule has 3 aromatic rings. The summed E-state index contributed by atoms with van der Waals surface area (Å²) in [5, 5.41) is 2.97. The lowest BCUT2D eigenvalue weighted by molar-refractivity contribution is 0.0950. The van der Waals surface area contributed by atoms with Gasteiger partial charge in [0.05, 0.1) is 17.4 Å². The molecule has 0 saturated heterocycles. The first kappa shape index (κ1) is 16.3. The molecule has 1 aromatic heterocycles. The molecule has 0 spiro atoms. The fraction of sp³-hybridized carbons (Fsp3) is 0.182. The van der Waals surface area contributed by atoms with Gasteiger partial charge >= 0.3 is 0 Å². The maximum atomic E-state index is 12.5. The highest BCUT2D eigenvalue weighted by Crippen LogP contribution is 2.34. The fourth-order valence-corrected chi connectivity index (χ4v) is 3.30. The molecule has 4 rings (SSSR count). The summed E-state index contributed by atoms with van der Waals surface area (Å²) in [7, 11) is 0. The number of anilines is 2. The average molecular weight is 343 g/mol. The number of carbonyl (C=O) groups is 1. The number of aromatic nitrogens is 1. The van der Waals surface area contributed by atoms with Crippen LogP contribution in [0.5, 0.6) is 0 Å². The van der Waals surface area contributed by atoms with Gasteiger partial charge < -0.3 is 10.2 Å². The van der Waals surface area contributed by atoms with Crippen LogP contribution in [0.3, 0.4) is 0 Å². The van der Waals surface area contributed by atoms with Crippen molar-refractivity contribution in [3.63, 3.8) is 0 Å². The van der Waals surface area contributed by atoms with E-state index in [1.54, 1.807) is 6.20 Å². The lowest BCUT2D eigenvalue weighted by Gasteiger charge is -2.19. The molecule has 2 heterocycles. The molecule has 1 aliphatic heterocycles. The minimum Gasteiger partial charge on any atom is -0.348 e. The summed E-state index contributed by atoms with van der Waals surface area (Å²) in [6.45, 7) is 3.47. The molecule has 4 nitrogen and oxygen atoms in total. The summed E-state index contributed by atoms with van der Waals surface area (Å²) in [5.41, 5.74) is 6.37. The quantitative estimate of drug-likeness (QED) is 0.778. The SMILES string of the molecule is Cc1ccc(CNC(=O)c2cncc(N3CCc4ccccc43)c2)cc1. The molecule has 1 aliphatic rings. The van der Waals surface area contributed by atoms with Crippen LogP contribution in [0, 0.1) is 6.92 Å². The average Bonchev–Trinajstić information content (AvgIpc) is 3.11. The Balaban J connectivity index is 1.49. The predicted octanol–water partition coefficient (Wildman–Crippen LogP) is 4.01. The smallest absolute Gasteiger partial charge is 0.253 e. The van der Waals surface area contributed by atoms with Gasteiger partial charge in [0.2, 0.25) is 0 Å². The van der Waals surface area contributed by atoms with Crippen LogP contribution in [0.2, 0.25) is 0 Å². The highest BCUT2D eigenvalue weighted by Gasteiger charge is 2.20. The number of amides is 1. The summed E-state index contributed by atoms with van der Waals surface area (Å²) < 4.78 is 0. The number of nitrogens with zero attached hydrogens (tertiary/aromatic N) is 2. The first-order chi connectivity index (χ1) is 12.7. The van der Waals surface area contributed by atoms with Gasteiger partial charge in [0.25, 0.3) is 5.91 Å². The Labute approximate surface area is 153 Å². The van der Waals surface area contributed by atoms with Gasteiger partial charge in [-0.1, -0.05) is 48.0 Å². The Morgan fingerprint density at radius 3 is 2.77 bits per heavy atom. The number of carbonyl (C=O) groups excluding carboxylic acids is 1. The number of fused-ring (bicyclic) bond motifs is 1. The molecule has 0 bridgehead atoms. The van der Waals surface area contributed by atoms with Crippen LogP contribution in [-0.4, -0.2) is 17.4 Å². The standard InChI is InChI=1S/C22H21N3O/c1-16-6-8-17(9-7-16)13-24-22(26)19-12-20(15-23-14-19)25-11-10-18-4-2-3-5-21(18)25/h2-9,12,14-15H,10-11,13H2,1H3,(H,24,26).